The topological polar surface area (TPSA) is 105 Å². The van der Waals surface area contributed by atoms with Crippen LogP contribution in [0.3, 0.4) is 0 Å². The van der Waals surface area contributed by atoms with Crippen LogP contribution in [0.1, 0.15) is 27.5 Å². The molecule has 2 aromatic carbocycles. The van der Waals surface area contributed by atoms with Gasteiger partial charge in [0.15, 0.2) is 5.82 Å². The molecule has 4 aromatic rings. The van der Waals surface area contributed by atoms with E-state index in [4.69, 9.17) is 0 Å². The van der Waals surface area contributed by atoms with Gasteiger partial charge >= 0.3 is 0 Å². The third kappa shape index (κ3) is 5.16. The van der Waals surface area contributed by atoms with Crippen LogP contribution in [0.15, 0.2) is 90.0 Å². The Morgan fingerprint density at radius 3 is 2.18 bits per heavy atom. The Kier molecular flexibility index (Phi) is 6.33. The minimum atomic E-state index is -2.40. The van der Waals surface area contributed by atoms with Gasteiger partial charge in [0.1, 0.15) is 18.4 Å². The molecule has 0 saturated carbocycles. The second-order valence-corrected chi connectivity index (χ2v) is 11.2. The third-order valence-electron chi connectivity index (χ3n) is 5.21. The summed E-state index contributed by atoms with van der Waals surface area (Å²) in [5.41, 5.74) is 1.51. The van der Waals surface area contributed by atoms with E-state index in [0.29, 0.717) is 5.69 Å². The Labute approximate surface area is 191 Å². The predicted molar refractivity (Wildman–Crippen MR) is 129 cm³/mol. The zero-order valence-corrected chi connectivity index (χ0v) is 19.1. The molecule has 2 aromatic heterocycles. The lowest BCUT2D eigenvalue weighted by Gasteiger charge is -2.20. The molecule has 0 fully saturated rings. The van der Waals surface area contributed by atoms with E-state index >= 15 is 0 Å². The molecule has 1 amide bonds. The van der Waals surface area contributed by atoms with Crippen LogP contribution in [0.2, 0.25) is 0 Å². The Hall–Kier alpha value is -3.83. The zero-order valence-electron chi connectivity index (χ0n) is 18.2. The molecule has 0 aliphatic heterocycles. The Morgan fingerprint density at radius 1 is 0.909 bits per heavy atom. The summed E-state index contributed by atoms with van der Waals surface area (Å²) >= 11 is 0. The molecule has 0 saturated heterocycles. The van der Waals surface area contributed by atoms with Gasteiger partial charge in [-0.25, -0.2) is 4.98 Å². The van der Waals surface area contributed by atoms with E-state index in [-0.39, 0.29) is 11.4 Å². The van der Waals surface area contributed by atoms with Crippen molar-refractivity contribution in [3.63, 3.8) is 0 Å². The van der Waals surface area contributed by atoms with Gasteiger partial charge in [-0.2, -0.15) is 0 Å². The number of benzene rings is 2. The maximum absolute atomic E-state index is 13.1. The van der Waals surface area contributed by atoms with Crippen molar-refractivity contribution in [1.29, 1.82) is 0 Å². The fraction of sp³-hybridized carbons (Fsp3) is 0.120. The average molecular weight is 458 g/mol. The first kappa shape index (κ1) is 22.4. The Morgan fingerprint density at radius 2 is 1.58 bits per heavy atom. The molecule has 2 N–H and O–H groups in total. The molecule has 1 unspecified atom stereocenters. The van der Waals surface area contributed by atoms with Crippen LogP contribution in [0, 0.1) is 0 Å². The lowest BCUT2D eigenvalue weighted by atomic mass is 9.98. The number of aromatic nitrogens is 3. The molecule has 4 rings (SSSR count). The molecule has 166 valence electrons. The maximum atomic E-state index is 13.1. The van der Waals surface area contributed by atoms with Crippen molar-refractivity contribution in [3.8, 4) is 11.5 Å². The van der Waals surface area contributed by atoms with Crippen molar-refractivity contribution in [2.45, 2.75) is 6.04 Å². The summed E-state index contributed by atoms with van der Waals surface area (Å²) in [6.45, 7) is 3.43. The van der Waals surface area contributed by atoms with Gasteiger partial charge in [0.25, 0.3) is 11.5 Å². The highest BCUT2D eigenvalue weighted by Crippen LogP contribution is 2.35. The Bertz CT molecular complexity index is 1360. The molecule has 0 radical (unpaired) electrons. The number of pyridine rings is 1. The first-order chi connectivity index (χ1) is 15.8. The van der Waals surface area contributed by atoms with Crippen LogP contribution in [-0.2, 0) is 4.57 Å². The minimum absolute atomic E-state index is 0.0983. The zero-order chi connectivity index (χ0) is 23.4. The van der Waals surface area contributed by atoms with Gasteiger partial charge in [-0.1, -0.05) is 60.7 Å². The van der Waals surface area contributed by atoms with Crippen LogP contribution in [0.5, 0.6) is 0 Å². The molecule has 0 bridgehead atoms. The van der Waals surface area contributed by atoms with Crippen molar-refractivity contribution in [2.75, 3.05) is 13.3 Å². The van der Waals surface area contributed by atoms with Crippen molar-refractivity contribution >= 4 is 18.4 Å². The van der Waals surface area contributed by atoms with E-state index < -0.39 is 24.7 Å². The number of hydrogen-bond donors (Lipinski definition) is 2. The van der Waals surface area contributed by atoms with Gasteiger partial charge in [-0.15, -0.1) is 0 Å². The summed E-state index contributed by atoms with van der Waals surface area (Å²) in [6, 6.07) is 21.5. The lowest BCUT2D eigenvalue weighted by molar-refractivity contribution is 0.0941. The monoisotopic (exact) mass is 458 g/mol. The number of nitrogens with zero attached hydrogens (tertiary/aromatic N) is 2. The van der Waals surface area contributed by atoms with Crippen molar-refractivity contribution in [1.82, 2.24) is 20.3 Å². The highest BCUT2D eigenvalue weighted by molar-refractivity contribution is 7.70. The molecular weight excluding hydrogens is 435 g/mol. The van der Waals surface area contributed by atoms with E-state index in [1.807, 2.05) is 54.6 Å². The number of aromatic amines is 1. The van der Waals surface area contributed by atoms with Crippen LogP contribution in [0.25, 0.3) is 11.5 Å². The van der Waals surface area contributed by atoms with Crippen molar-refractivity contribution in [2.24, 2.45) is 0 Å². The van der Waals surface area contributed by atoms with Crippen LogP contribution >= 0.6 is 7.14 Å². The third-order valence-corrected chi connectivity index (χ3v) is 6.75. The van der Waals surface area contributed by atoms with Gasteiger partial charge in [0.05, 0.1) is 6.04 Å². The number of hydrogen-bond acceptors (Lipinski definition) is 5. The number of carbonyl (C=O) groups is 1. The molecule has 33 heavy (non-hydrogen) atoms. The molecule has 0 aliphatic rings. The van der Waals surface area contributed by atoms with E-state index in [2.05, 4.69) is 20.3 Å². The number of carbonyl (C=O) groups excluding carboxylic acids is 1. The SMILES string of the molecule is CP(C)(=O)c1ccc(C(NC(=O)c2cnc(-c3ccccn3)[nH]c2=O)c2ccccc2)cc1. The smallest absolute Gasteiger partial charge is 0.264 e. The van der Waals surface area contributed by atoms with Crippen LogP contribution in [-0.4, -0.2) is 34.2 Å². The molecule has 2 heterocycles. The normalized spacial score (nSPS) is 12.2. The second-order valence-electron chi connectivity index (χ2n) is 7.95. The summed E-state index contributed by atoms with van der Waals surface area (Å²) in [7, 11) is -2.40. The molecule has 1 atom stereocenters. The predicted octanol–water partition coefficient (Wildman–Crippen LogP) is 3.60. The van der Waals surface area contributed by atoms with E-state index in [1.165, 1.54) is 6.20 Å². The number of rotatable bonds is 6. The highest BCUT2D eigenvalue weighted by atomic mass is 31.2. The molecule has 0 aliphatic carbocycles. The first-order valence-electron chi connectivity index (χ1n) is 10.3. The fourth-order valence-corrected chi connectivity index (χ4v) is 4.30. The molecule has 0 spiro atoms. The average Bonchev–Trinajstić information content (AvgIpc) is 2.83. The number of amides is 1. The summed E-state index contributed by atoms with van der Waals surface area (Å²) in [5, 5.41) is 3.70. The fourth-order valence-electron chi connectivity index (χ4n) is 3.43. The second kappa shape index (κ2) is 9.35. The van der Waals surface area contributed by atoms with Gasteiger partial charge in [0.2, 0.25) is 0 Å². The quantitative estimate of drug-likeness (QED) is 0.430. The van der Waals surface area contributed by atoms with E-state index in [9.17, 15) is 14.2 Å². The molecular formula is C25H23N4O3P. The van der Waals surface area contributed by atoms with Crippen LogP contribution in [0.4, 0.5) is 0 Å². The summed E-state index contributed by atoms with van der Waals surface area (Å²) in [4.78, 5) is 36.7. The van der Waals surface area contributed by atoms with Crippen molar-refractivity contribution in [3.05, 3.63) is 112 Å². The van der Waals surface area contributed by atoms with Gasteiger partial charge in [-0.05, 0) is 36.6 Å². The number of nitrogens with one attached hydrogen (secondary N) is 2. The molecule has 8 heteroatoms. The van der Waals surface area contributed by atoms with Gasteiger partial charge < -0.3 is 14.9 Å². The van der Waals surface area contributed by atoms with Crippen LogP contribution < -0.4 is 16.2 Å². The minimum Gasteiger partial charge on any atom is -0.341 e. The van der Waals surface area contributed by atoms with Crippen molar-refractivity contribution < 1.29 is 9.36 Å². The summed E-state index contributed by atoms with van der Waals surface area (Å²) < 4.78 is 12.4. The van der Waals surface area contributed by atoms with Gasteiger partial charge in [-0.3, -0.25) is 14.6 Å². The summed E-state index contributed by atoms with van der Waals surface area (Å²) in [6.07, 6.45) is 2.86. The van der Waals surface area contributed by atoms with Gasteiger partial charge in [0, 0.05) is 17.7 Å². The largest absolute Gasteiger partial charge is 0.341 e. The summed E-state index contributed by atoms with van der Waals surface area (Å²) in [5.74, 6) is -0.262. The maximum Gasteiger partial charge on any atom is 0.264 e. The van der Waals surface area contributed by atoms with E-state index in [1.54, 1.807) is 37.7 Å². The number of H-pyrrole nitrogens is 1. The first-order valence-corrected chi connectivity index (χ1v) is 12.9. The highest BCUT2D eigenvalue weighted by Gasteiger charge is 2.21. The Balaban J connectivity index is 1.65. The van der Waals surface area contributed by atoms with E-state index in [0.717, 1.165) is 16.4 Å². The standard InChI is InChI=1S/C25H23N4O3P/c1-33(2,32)19-13-11-18(12-14-19)22(17-8-4-3-5-9-17)28-24(30)20-16-27-23(29-25(20)31)21-10-6-7-15-26-21/h3-16,22H,1-2H3,(H,28,30)(H,27,29,31). The molecule has 7 nitrogen and oxygen atoms in total. The lowest BCUT2D eigenvalue weighted by Crippen LogP contribution is -2.33.